The van der Waals surface area contributed by atoms with Gasteiger partial charge in [0.1, 0.15) is 10.6 Å². The van der Waals surface area contributed by atoms with Gasteiger partial charge in [-0.25, -0.2) is 0 Å². The molecule has 1 amide bonds. The monoisotopic (exact) mass is 467 g/mol. The molecule has 1 aliphatic rings. The molecule has 0 bridgehead atoms. The van der Waals surface area contributed by atoms with Crippen molar-refractivity contribution in [2.45, 2.75) is 11.4 Å². The fraction of sp³-hybridized carbons (Fsp3) is 0.130. The SMILES string of the molecule is COc1ccc(NC(=O)CSC2=NS(=O)(=O)c3ccccc3N2Cc2ccccc2)cc1. The highest BCUT2D eigenvalue weighted by Crippen LogP contribution is 2.35. The summed E-state index contributed by atoms with van der Waals surface area (Å²) < 4.78 is 34.6. The standard InChI is InChI=1S/C23H21N3O4S2/c1-30-19-13-11-18(12-14-19)24-22(27)16-31-23-25-32(28,29)21-10-6-5-9-20(21)26(23)15-17-7-3-2-4-8-17/h2-14H,15-16H2,1H3,(H,24,27). The molecule has 164 valence electrons. The van der Waals surface area contributed by atoms with Crippen molar-refractivity contribution >= 4 is 44.2 Å². The molecule has 1 N–H and O–H groups in total. The van der Waals surface area contributed by atoms with Crippen LogP contribution in [-0.4, -0.2) is 32.4 Å². The molecule has 1 heterocycles. The van der Waals surface area contributed by atoms with E-state index in [4.69, 9.17) is 4.74 Å². The van der Waals surface area contributed by atoms with Gasteiger partial charge in [-0.15, -0.1) is 4.40 Å². The van der Waals surface area contributed by atoms with Crippen LogP contribution in [0.5, 0.6) is 5.75 Å². The first-order valence-electron chi connectivity index (χ1n) is 9.78. The fourth-order valence-corrected chi connectivity index (χ4v) is 5.48. The van der Waals surface area contributed by atoms with E-state index >= 15 is 0 Å². The molecule has 3 aromatic carbocycles. The molecule has 32 heavy (non-hydrogen) atoms. The predicted octanol–water partition coefficient (Wildman–Crippen LogP) is 4.13. The third-order valence-corrected chi connectivity index (χ3v) is 7.16. The maximum atomic E-state index is 12.7. The minimum Gasteiger partial charge on any atom is -0.497 e. The molecule has 0 saturated carbocycles. The van der Waals surface area contributed by atoms with Gasteiger partial charge in [0, 0.05) is 5.69 Å². The number of benzene rings is 3. The van der Waals surface area contributed by atoms with Crippen LogP contribution in [0.25, 0.3) is 0 Å². The van der Waals surface area contributed by atoms with Crippen molar-refractivity contribution in [2.24, 2.45) is 4.40 Å². The molecule has 0 aliphatic carbocycles. The summed E-state index contributed by atoms with van der Waals surface area (Å²) in [6.45, 7) is 0.430. The summed E-state index contributed by atoms with van der Waals surface area (Å²) in [5, 5.41) is 3.06. The lowest BCUT2D eigenvalue weighted by Gasteiger charge is -2.30. The van der Waals surface area contributed by atoms with Gasteiger partial charge in [-0.3, -0.25) is 4.79 Å². The normalized spacial score (nSPS) is 14.3. The molecule has 4 rings (SSSR count). The van der Waals surface area contributed by atoms with E-state index in [1.807, 2.05) is 35.2 Å². The first-order valence-corrected chi connectivity index (χ1v) is 12.2. The molecule has 0 fully saturated rings. The zero-order valence-corrected chi connectivity index (χ0v) is 18.9. The van der Waals surface area contributed by atoms with Crippen LogP contribution in [0.15, 0.2) is 88.2 Å². The van der Waals surface area contributed by atoms with Crippen molar-refractivity contribution in [3.63, 3.8) is 0 Å². The molecule has 9 heteroatoms. The number of ether oxygens (including phenoxy) is 1. The van der Waals surface area contributed by atoms with Crippen molar-refractivity contribution < 1.29 is 17.9 Å². The first-order chi connectivity index (χ1) is 15.5. The summed E-state index contributed by atoms with van der Waals surface area (Å²) in [7, 11) is -2.28. The number of para-hydroxylation sites is 1. The van der Waals surface area contributed by atoms with Crippen LogP contribution in [0.3, 0.4) is 0 Å². The topological polar surface area (TPSA) is 88.1 Å². The zero-order chi connectivity index (χ0) is 22.6. The second-order valence-corrected chi connectivity index (χ2v) is 9.47. The summed E-state index contributed by atoms with van der Waals surface area (Å²) >= 11 is 1.09. The number of hydrogen-bond acceptors (Lipinski definition) is 6. The lowest BCUT2D eigenvalue weighted by molar-refractivity contribution is -0.113. The average molecular weight is 468 g/mol. The Hall–Kier alpha value is -3.30. The van der Waals surface area contributed by atoms with Crippen molar-refractivity contribution in [3.05, 3.63) is 84.4 Å². The summed E-state index contributed by atoms with van der Waals surface area (Å²) in [5.41, 5.74) is 2.17. The van der Waals surface area contributed by atoms with Gasteiger partial charge < -0.3 is 15.0 Å². The van der Waals surface area contributed by atoms with Crippen LogP contribution in [0.2, 0.25) is 0 Å². The van der Waals surface area contributed by atoms with Gasteiger partial charge in [-0.05, 0) is 42.0 Å². The van der Waals surface area contributed by atoms with Gasteiger partial charge in [-0.2, -0.15) is 8.42 Å². The van der Waals surface area contributed by atoms with Crippen molar-refractivity contribution in [2.75, 3.05) is 23.1 Å². The van der Waals surface area contributed by atoms with Crippen LogP contribution in [-0.2, 0) is 21.4 Å². The fourth-order valence-electron chi connectivity index (χ4n) is 3.23. The van der Waals surface area contributed by atoms with E-state index in [2.05, 4.69) is 9.71 Å². The molecule has 0 aromatic heterocycles. The van der Waals surface area contributed by atoms with E-state index in [1.54, 1.807) is 55.6 Å². The van der Waals surface area contributed by atoms with Crippen LogP contribution < -0.4 is 15.0 Å². The maximum absolute atomic E-state index is 12.7. The number of sulfonamides is 1. The molecule has 7 nitrogen and oxygen atoms in total. The van der Waals surface area contributed by atoms with Gasteiger partial charge in [0.05, 0.1) is 25.1 Å². The Morgan fingerprint density at radius 1 is 1.00 bits per heavy atom. The Labute approximate surface area is 191 Å². The van der Waals surface area contributed by atoms with E-state index in [0.29, 0.717) is 23.7 Å². The molecule has 0 saturated heterocycles. The Morgan fingerprint density at radius 3 is 2.41 bits per heavy atom. The van der Waals surface area contributed by atoms with Gasteiger partial charge in [0.15, 0.2) is 5.17 Å². The number of fused-ring (bicyclic) bond motifs is 1. The molecular formula is C23H21N3O4S2. The average Bonchev–Trinajstić information content (AvgIpc) is 2.81. The van der Waals surface area contributed by atoms with Crippen LogP contribution >= 0.6 is 11.8 Å². The molecule has 0 spiro atoms. The third kappa shape index (κ3) is 4.95. The lowest BCUT2D eigenvalue weighted by atomic mass is 10.2. The van der Waals surface area contributed by atoms with Crippen LogP contribution in [0.4, 0.5) is 11.4 Å². The Morgan fingerprint density at radius 2 is 1.69 bits per heavy atom. The van der Waals surface area contributed by atoms with Gasteiger partial charge in [-0.1, -0.05) is 54.2 Å². The number of anilines is 2. The highest BCUT2D eigenvalue weighted by atomic mass is 32.2. The summed E-state index contributed by atoms with van der Waals surface area (Å²) in [6, 6.07) is 23.4. The van der Waals surface area contributed by atoms with Crippen LogP contribution in [0.1, 0.15) is 5.56 Å². The number of methoxy groups -OCH3 is 1. The third-order valence-electron chi connectivity index (χ3n) is 4.75. The molecule has 0 atom stereocenters. The van der Waals surface area contributed by atoms with Crippen molar-refractivity contribution in [1.82, 2.24) is 0 Å². The quantitative estimate of drug-likeness (QED) is 0.586. The first kappa shape index (κ1) is 21.9. The predicted molar refractivity (Wildman–Crippen MR) is 128 cm³/mol. The van der Waals surface area contributed by atoms with E-state index in [9.17, 15) is 13.2 Å². The molecule has 0 radical (unpaired) electrons. The Kier molecular flexibility index (Phi) is 6.48. The number of hydrogen-bond donors (Lipinski definition) is 1. The number of carbonyl (C=O) groups excluding carboxylic acids is 1. The lowest BCUT2D eigenvalue weighted by Crippen LogP contribution is -2.34. The summed E-state index contributed by atoms with van der Waals surface area (Å²) in [5.74, 6) is 0.432. The van der Waals surface area contributed by atoms with E-state index in [-0.39, 0.29) is 21.7 Å². The summed E-state index contributed by atoms with van der Waals surface area (Å²) in [4.78, 5) is 14.5. The number of amides is 1. The minimum absolute atomic E-state index is 0.00778. The van der Waals surface area contributed by atoms with Crippen molar-refractivity contribution in [3.8, 4) is 5.75 Å². The number of nitrogens with zero attached hydrogens (tertiary/aromatic N) is 2. The number of thioether (sulfide) groups is 1. The number of amidine groups is 1. The molecule has 3 aromatic rings. The second kappa shape index (κ2) is 9.46. The molecule has 1 aliphatic heterocycles. The highest BCUT2D eigenvalue weighted by molar-refractivity contribution is 8.15. The second-order valence-electron chi connectivity index (χ2n) is 6.95. The van der Waals surface area contributed by atoms with Crippen molar-refractivity contribution in [1.29, 1.82) is 0 Å². The Balaban J connectivity index is 1.54. The smallest absolute Gasteiger partial charge is 0.286 e. The Bertz CT molecular complexity index is 1240. The number of nitrogens with one attached hydrogen (secondary N) is 1. The van der Waals surface area contributed by atoms with Gasteiger partial charge in [0.2, 0.25) is 5.91 Å². The van der Waals surface area contributed by atoms with Crippen LogP contribution in [0, 0.1) is 0 Å². The van der Waals surface area contributed by atoms with Gasteiger partial charge >= 0.3 is 0 Å². The maximum Gasteiger partial charge on any atom is 0.286 e. The number of rotatable bonds is 6. The zero-order valence-electron chi connectivity index (χ0n) is 17.3. The van der Waals surface area contributed by atoms with E-state index < -0.39 is 10.0 Å². The van der Waals surface area contributed by atoms with E-state index in [1.165, 1.54) is 0 Å². The highest BCUT2D eigenvalue weighted by Gasteiger charge is 2.31. The largest absolute Gasteiger partial charge is 0.497 e. The van der Waals surface area contributed by atoms with E-state index in [0.717, 1.165) is 17.3 Å². The molecule has 0 unspecified atom stereocenters. The molecular weight excluding hydrogens is 446 g/mol. The minimum atomic E-state index is -3.85. The summed E-state index contributed by atoms with van der Waals surface area (Å²) in [6.07, 6.45) is 0. The number of carbonyl (C=O) groups is 1. The van der Waals surface area contributed by atoms with Gasteiger partial charge in [0.25, 0.3) is 10.0 Å².